The second-order valence-corrected chi connectivity index (χ2v) is 5.83. The molecule has 0 radical (unpaired) electrons. The summed E-state index contributed by atoms with van der Waals surface area (Å²) in [5, 5.41) is 5.66. The Morgan fingerprint density at radius 1 is 1.55 bits per heavy atom. The van der Waals surface area contributed by atoms with Gasteiger partial charge >= 0.3 is 0 Å². The number of anilines is 2. The van der Waals surface area contributed by atoms with Crippen molar-refractivity contribution >= 4 is 35.0 Å². The van der Waals surface area contributed by atoms with E-state index in [0.717, 1.165) is 17.0 Å². The fourth-order valence-electron chi connectivity index (χ4n) is 2.03. The highest BCUT2D eigenvalue weighted by atomic mass is 32.2. The van der Waals surface area contributed by atoms with E-state index in [0.29, 0.717) is 24.4 Å². The van der Waals surface area contributed by atoms with Crippen molar-refractivity contribution in [2.45, 2.75) is 24.7 Å². The quantitative estimate of drug-likeness (QED) is 0.775. The Morgan fingerprint density at radius 3 is 3.05 bits per heavy atom. The van der Waals surface area contributed by atoms with Crippen LogP contribution in [-0.2, 0) is 9.59 Å². The Balaban J connectivity index is 2.01. The molecule has 5 nitrogen and oxygen atoms in total. The fourth-order valence-corrected chi connectivity index (χ4v) is 2.82. The van der Waals surface area contributed by atoms with E-state index >= 15 is 0 Å². The summed E-state index contributed by atoms with van der Waals surface area (Å²) < 4.78 is 0. The van der Waals surface area contributed by atoms with Gasteiger partial charge in [0.05, 0.1) is 11.4 Å². The highest BCUT2D eigenvalue weighted by Gasteiger charge is 2.16. The summed E-state index contributed by atoms with van der Waals surface area (Å²) in [5.74, 6) is 0.591. The van der Waals surface area contributed by atoms with E-state index < -0.39 is 0 Å². The standard InChI is InChI=1S/C14H19N3O2S/c1-2-9(7-15)5-13(18)16-10-3-4-12-11(6-10)17-14(19)8-20-12/h3-4,6,9H,2,5,7-8,15H2,1H3,(H,16,18)(H,17,19). The van der Waals surface area contributed by atoms with E-state index in [4.69, 9.17) is 5.73 Å². The zero-order chi connectivity index (χ0) is 14.5. The van der Waals surface area contributed by atoms with Gasteiger partial charge in [0, 0.05) is 17.0 Å². The van der Waals surface area contributed by atoms with Crippen molar-refractivity contribution in [2.24, 2.45) is 11.7 Å². The molecule has 20 heavy (non-hydrogen) atoms. The Morgan fingerprint density at radius 2 is 2.35 bits per heavy atom. The van der Waals surface area contributed by atoms with Gasteiger partial charge in [-0.3, -0.25) is 9.59 Å². The molecule has 1 aromatic carbocycles. The van der Waals surface area contributed by atoms with Crippen molar-refractivity contribution in [3.05, 3.63) is 18.2 Å². The van der Waals surface area contributed by atoms with Crippen LogP contribution in [0.5, 0.6) is 0 Å². The third-order valence-corrected chi connectivity index (χ3v) is 4.35. The number of rotatable bonds is 5. The van der Waals surface area contributed by atoms with Crippen molar-refractivity contribution in [3.63, 3.8) is 0 Å². The van der Waals surface area contributed by atoms with E-state index in [1.54, 1.807) is 6.07 Å². The number of thioether (sulfide) groups is 1. The number of carbonyl (C=O) groups excluding carboxylic acids is 2. The van der Waals surface area contributed by atoms with Crippen LogP contribution in [0.1, 0.15) is 19.8 Å². The first-order valence-electron chi connectivity index (χ1n) is 6.69. The molecule has 2 rings (SSSR count). The van der Waals surface area contributed by atoms with Crippen molar-refractivity contribution < 1.29 is 9.59 Å². The molecular weight excluding hydrogens is 274 g/mol. The number of nitrogens with two attached hydrogens (primary N) is 1. The monoisotopic (exact) mass is 293 g/mol. The minimum atomic E-state index is -0.0444. The molecule has 1 unspecified atom stereocenters. The lowest BCUT2D eigenvalue weighted by atomic mass is 10.0. The van der Waals surface area contributed by atoms with Crippen molar-refractivity contribution in [1.82, 2.24) is 0 Å². The summed E-state index contributed by atoms with van der Waals surface area (Å²) in [7, 11) is 0. The minimum Gasteiger partial charge on any atom is -0.330 e. The van der Waals surface area contributed by atoms with Crippen molar-refractivity contribution in [1.29, 1.82) is 0 Å². The topological polar surface area (TPSA) is 84.2 Å². The largest absolute Gasteiger partial charge is 0.330 e. The average molecular weight is 293 g/mol. The van der Waals surface area contributed by atoms with Crippen LogP contribution in [0.25, 0.3) is 0 Å². The second kappa shape index (κ2) is 6.76. The molecular formula is C14H19N3O2S. The molecule has 1 heterocycles. The van der Waals surface area contributed by atoms with Gasteiger partial charge in [-0.2, -0.15) is 0 Å². The van der Waals surface area contributed by atoms with Crippen molar-refractivity contribution in [3.8, 4) is 0 Å². The molecule has 1 aliphatic rings. The number of fused-ring (bicyclic) bond motifs is 1. The predicted molar refractivity (Wildman–Crippen MR) is 81.9 cm³/mol. The molecule has 1 aliphatic heterocycles. The zero-order valence-corrected chi connectivity index (χ0v) is 12.3. The molecule has 1 aromatic rings. The number of amides is 2. The Labute approximate surface area is 122 Å². The molecule has 4 N–H and O–H groups in total. The first kappa shape index (κ1) is 14.9. The lowest BCUT2D eigenvalue weighted by Crippen LogP contribution is -2.22. The highest BCUT2D eigenvalue weighted by molar-refractivity contribution is 8.00. The first-order valence-corrected chi connectivity index (χ1v) is 7.67. The number of carbonyl (C=O) groups is 2. The summed E-state index contributed by atoms with van der Waals surface area (Å²) >= 11 is 1.50. The summed E-state index contributed by atoms with van der Waals surface area (Å²) in [6.07, 6.45) is 1.31. The number of hydrogen-bond donors (Lipinski definition) is 3. The third kappa shape index (κ3) is 3.74. The van der Waals surface area contributed by atoms with Gasteiger partial charge in [0.15, 0.2) is 0 Å². The minimum absolute atomic E-state index is 0.0137. The third-order valence-electron chi connectivity index (χ3n) is 3.28. The van der Waals surface area contributed by atoms with Gasteiger partial charge < -0.3 is 16.4 Å². The SMILES string of the molecule is CCC(CN)CC(=O)Nc1ccc2c(c1)NC(=O)CS2. The summed E-state index contributed by atoms with van der Waals surface area (Å²) in [6, 6.07) is 5.56. The van der Waals surface area contributed by atoms with E-state index in [9.17, 15) is 9.59 Å². The van der Waals surface area contributed by atoms with Crippen LogP contribution < -0.4 is 16.4 Å². The van der Waals surface area contributed by atoms with Gasteiger partial charge in [-0.15, -0.1) is 11.8 Å². The Bertz CT molecular complexity index is 515. The lowest BCUT2D eigenvalue weighted by molar-refractivity contribution is -0.117. The molecule has 1 atom stereocenters. The molecule has 0 aliphatic carbocycles. The fraction of sp³-hybridized carbons (Fsp3) is 0.429. The summed E-state index contributed by atoms with van der Waals surface area (Å²) in [4.78, 5) is 24.3. The van der Waals surface area contributed by atoms with Crippen LogP contribution in [0.4, 0.5) is 11.4 Å². The van der Waals surface area contributed by atoms with Crippen molar-refractivity contribution in [2.75, 3.05) is 22.9 Å². The summed E-state index contributed by atoms with van der Waals surface area (Å²) in [6.45, 7) is 2.54. The van der Waals surface area contributed by atoms with Crippen LogP contribution >= 0.6 is 11.8 Å². The van der Waals surface area contributed by atoms with Gasteiger partial charge in [0.1, 0.15) is 0 Å². The zero-order valence-electron chi connectivity index (χ0n) is 11.4. The van der Waals surface area contributed by atoms with Gasteiger partial charge in [0.2, 0.25) is 11.8 Å². The van der Waals surface area contributed by atoms with Gasteiger partial charge in [-0.1, -0.05) is 13.3 Å². The molecule has 0 bridgehead atoms. The van der Waals surface area contributed by atoms with Crippen LogP contribution in [-0.4, -0.2) is 24.1 Å². The predicted octanol–water partition coefficient (Wildman–Crippen LogP) is 2.04. The van der Waals surface area contributed by atoms with Gasteiger partial charge in [-0.05, 0) is 30.7 Å². The number of benzene rings is 1. The van der Waals surface area contributed by atoms with Crippen LogP contribution in [0.2, 0.25) is 0 Å². The second-order valence-electron chi connectivity index (χ2n) is 4.81. The molecule has 0 saturated heterocycles. The van der Waals surface area contributed by atoms with E-state index in [-0.39, 0.29) is 17.7 Å². The van der Waals surface area contributed by atoms with Gasteiger partial charge in [0.25, 0.3) is 0 Å². The normalized spacial score (nSPS) is 15.2. The average Bonchev–Trinajstić information content (AvgIpc) is 2.44. The van der Waals surface area contributed by atoms with Gasteiger partial charge in [-0.25, -0.2) is 0 Å². The molecule has 0 saturated carbocycles. The smallest absolute Gasteiger partial charge is 0.234 e. The maximum absolute atomic E-state index is 11.9. The number of hydrogen-bond acceptors (Lipinski definition) is 4. The molecule has 0 aromatic heterocycles. The molecule has 6 heteroatoms. The van der Waals surface area contributed by atoms with E-state index in [1.165, 1.54) is 11.8 Å². The first-order chi connectivity index (χ1) is 9.62. The summed E-state index contributed by atoms with van der Waals surface area (Å²) in [5.41, 5.74) is 7.06. The maximum Gasteiger partial charge on any atom is 0.234 e. The molecule has 0 spiro atoms. The van der Waals surface area contributed by atoms with Crippen LogP contribution in [0, 0.1) is 5.92 Å². The molecule has 0 fully saturated rings. The molecule has 2 amide bonds. The lowest BCUT2D eigenvalue weighted by Gasteiger charge is -2.18. The Kier molecular flexibility index (Phi) is 5.03. The van der Waals surface area contributed by atoms with Crippen LogP contribution in [0.3, 0.4) is 0 Å². The van der Waals surface area contributed by atoms with E-state index in [2.05, 4.69) is 10.6 Å². The number of nitrogens with one attached hydrogen (secondary N) is 2. The molecule has 108 valence electrons. The van der Waals surface area contributed by atoms with E-state index in [1.807, 2.05) is 19.1 Å². The maximum atomic E-state index is 11.9. The van der Waals surface area contributed by atoms with Crippen LogP contribution in [0.15, 0.2) is 23.1 Å². The highest BCUT2D eigenvalue weighted by Crippen LogP contribution is 2.33. The Hall–Kier alpha value is -1.53.